The highest BCUT2D eigenvalue weighted by Gasteiger charge is 2.03. The van der Waals surface area contributed by atoms with Gasteiger partial charge in [-0.3, -0.25) is 9.59 Å². The number of anilines is 1. The lowest BCUT2D eigenvalue weighted by molar-refractivity contribution is -0.136. The molecule has 0 heterocycles. The van der Waals surface area contributed by atoms with E-state index in [2.05, 4.69) is 5.32 Å². The van der Waals surface area contributed by atoms with Gasteiger partial charge in [0.25, 0.3) is 0 Å². The van der Waals surface area contributed by atoms with Crippen LogP contribution in [-0.4, -0.2) is 17.0 Å². The third-order valence-corrected chi connectivity index (χ3v) is 2.78. The molecule has 2 N–H and O–H groups in total. The van der Waals surface area contributed by atoms with Crippen molar-refractivity contribution in [3.63, 3.8) is 0 Å². The molecule has 0 aromatic heterocycles. The third-order valence-electron chi connectivity index (χ3n) is 2.78. The Morgan fingerprint density at radius 1 is 1.05 bits per heavy atom. The minimum absolute atomic E-state index is 0.0659. The number of carboxylic acids is 1. The molecule has 0 spiro atoms. The first-order chi connectivity index (χ1) is 10.1. The van der Waals surface area contributed by atoms with E-state index in [4.69, 9.17) is 5.11 Å². The third kappa shape index (κ3) is 4.95. The number of carbonyl (C=O) groups is 2. The van der Waals surface area contributed by atoms with Gasteiger partial charge in [0.1, 0.15) is 0 Å². The Balaban J connectivity index is 1.99. The second-order valence-electron chi connectivity index (χ2n) is 4.50. The zero-order valence-electron chi connectivity index (χ0n) is 11.3. The van der Waals surface area contributed by atoms with Crippen LogP contribution in [0.15, 0.2) is 60.7 Å². The highest BCUT2D eigenvalue weighted by atomic mass is 16.4. The Labute approximate surface area is 122 Å². The summed E-state index contributed by atoms with van der Waals surface area (Å²) in [5, 5.41) is 11.5. The molecule has 0 radical (unpaired) electrons. The van der Waals surface area contributed by atoms with Crippen LogP contribution in [0.5, 0.6) is 0 Å². The maximum Gasteiger partial charge on any atom is 0.307 e. The van der Waals surface area contributed by atoms with Gasteiger partial charge in [0.2, 0.25) is 5.91 Å². The van der Waals surface area contributed by atoms with Crippen molar-refractivity contribution in [2.75, 3.05) is 5.32 Å². The van der Waals surface area contributed by atoms with Crippen LogP contribution < -0.4 is 5.32 Å². The summed E-state index contributed by atoms with van der Waals surface area (Å²) in [6.07, 6.45) is 3.10. The molecule has 2 aromatic rings. The quantitative estimate of drug-likeness (QED) is 0.828. The molecule has 0 saturated carbocycles. The van der Waals surface area contributed by atoms with Crippen LogP contribution in [0.3, 0.4) is 0 Å². The fourth-order valence-electron chi connectivity index (χ4n) is 1.85. The fourth-order valence-corrected chi connectivity index (χ4v) is 1.85. The average molecular weight is 281 g/mol. The highest BCUT2D eigenvalue weighted by molar-refractivity contribution is 6.02. The van der Waals surface area contributed by atoms with Crippen molar-refractivity contribution in [2.24, 2.45) is 0 Å². The summed E-state index contributed by atoms with van der Waals surface area (Å²) in [6, 6.07) is 16.3. The van der Waals surface area contributed by atoms with E-state index in [0.29, 0.717) is 11.3 Å². The summed E-state index contributed by atoms with van der Waals surface area (Å²) in [5.41, 5.74) is 2.16. The summed E-state index contributed by atoms with van der Waals surface area (Å²) in [5.74, 6) is -1.16. The van der Waals surface area contributed by atoms with Crippen molar-refractivity contribution in [1.29, 1.82) is 0 Å². The lowest BCUT2D eigenvalue weighted by Gasteiger charge is -2.04. The van der Waals surface area contributed by atoms with E-state index in [1.807, 2.05) is 30.3 Å². The summed E-state index contributed by atoms with van der Waals surface area (Å²) >= 11 is 0. The first kappa shape index (κ1) is 14.5. The van der Waals surface area contributed by atoms with E-state index in [0.717, 1.165) is 5.56 Å². The molecule has 2 aromatic carbocycles. The van der Waals surface area contributed by atoms with Crippen LogP contribution in [0.1, 0.15) is 11.1 Å². The molecule has 0 unspecified atom stereocenters. The molecule has 0 aliphatic carbocycles. The van der Waals surface area contributed by atoms with Crippen LogP contribution in [0.4, 0.5) is 5.69 Å². The molecule has 106 valence electrons. The van der Waals surface area contributed by atoms with E-state index >= 15 is 0 Å². The Morgan fingerprint density at radius 2 is 1.81 bits per heavy atom. The summed E-state index contributed by atoms with van der Waals surface area (Å²) < 4.78 is 0. The molecule has 1 amide bonds. The molecule has 0 bridgehead atoms. The number of carboxylic acid groups (broad SMARTS) is 1. The molecular weight excluding hydrogens is 266 g/mol. The van der Waals surface area contributed by atoms with Gasteiger partial charge in [-0.25, -0.2) is 0 Å². The Kier molecular flexibility index (Phi) is 4.88. The fraction of sp³-hybridized carbons (Fsp3) is 0.0588. The highest BCUT2D eigenvalue weighted by Crippen LogP contribution is 2.11. The van der Waals surface area contributed by atoms with Crippen LogP contribution in [0, 0.1) is 0 Å². The van der Waals surface area contributed by atoms with Crippen LogP contribution in [-0.2, 0) is 16.0 Å². The van der Waals surface area contributed by atoms with Gasteiger partial charge in [-0.2, -0.15) is 0 Å². The Bertz CT molecular complexity index is 663. The summed E-state index contributed by atoms with van der Waals surface area (Å²) in [4.78, 5) is 22.5. The zero-order valence-corrected chi connectivity index (χ0v) is 11.3. The predicted octanol–water partition coefficient (Wildman–Crippen LogP) is 2.97. The van der Waals surface area contributed by atoms with Crippen molar-refractivity contribution in [2.45, 2.75) is 6.42 Å². The van der Waals surface area contributed by atoms with Crippen LogP contribution >= 0.6 is 0 Å². The molecule has 0 aliphatic heterocycles. The van der Waals surface area contributed by atoms with E-state index < -0.39 is 5.97 Å². The van der Waals surface area contributed by atoms with Gasteiger partial charge in [-0.15, -0.1) is 0 Å². The molecule has 4 nitrogen and oxygen atoms in total. The molecule has 21 heavy (non-hydrogen) atoms. The number of hydrogen-bond acceptors (Lipinski definition) is 2. The maximum atomic E-state index is 11.8. The van der Waals surface area contributed by atoms with Crippen molar-refractivity contribution < 1.29 is 14.7 Å². The Morgan fingerprint density at radius 3 is 2.52 bits per heavy atom. The van der Waals surface area contributed by atoms with Crippen molar-refractivity contribution in [3.05, 3.63) is 71.8 Å². The lowest BCUT2D eigenvalue weighted by Crippen LogP contribution is -2.08. The minimum Gasteiger partial charge on any atom is -0.481 e. The van der Waals surface area contributed by atoms with Crippen molar-refractivity contribution >= 4 is 23.6 Å². The number of aliphatic carboxylic acids is 1. The normalized spacial score (nSPS) is 10.5. The number of amides is 1. The number of nitrogens with one attached hydrogen (secondary N) is 1. The number of rotatable bonds is 5. The summed E-state index contributed by atoms with van der Waals surface area (Å²) in [7, 11) is 0. The smallest absolute Gasteiger partial charge is 0.307 e. The van der Waals surface area contributed by atoms with Gasteiger partial charge >= 0.3 is 5.97 Å². The maximum absolute atomic E-state index is 11.8. The Hall–Kier alpha value is -2.88. The van der Waals surface area contributed by atoms with Crippen LogP contribution in [0.2, 0.25) is 0 Å². The lowest BCUT2D eigenvalue weighted by atomic mass is 10.1. The minimum atomic E-state index is -0.901. The average Bonchev–Trinajstić information content (AvgIpc) is 2.46. The first-order valence-electron chi connectivity index (χ1n) is 6.48. The predicted molar refractivity (Wildman–Crippen MR) is 81.9 cm³/mol. The monoisotopic (exact) mass is 281 g/mol. The zero-order chi connectivity index (χ0) is 15.1. The number of benzene rings is 2. The van der Waals surface area contributed by atoms with Crippen molar-refractivity contribution in [3.8, 4) is 0 Å². The molecule has 0 aliphatic rings. The van der Waals surface area contributed by atoms with Gasteiger partial charge in [0.05, 0.1) is 6.42 Å². The topological polar surface area (TPSA) is 66.4 Å². The molecular formula is C17H15NO3. The van der Waals surface area contributed by atoms with Crippen molar-refractivity contribution in [1.82, 2.24) is 0 Å². The van der Waals surface area contributed by atoms with Crippen LogP contribution in [0.25, 0.3) is 6.08 Å². The van der Waals surface area contributed by atoms with Gasteiger partial charge < -0.3 is 10.4 Å². The second kappa shape index (κ2) is 7.05. The SMILES string of the molecule is O=C(O)Cc1cccc(NC(=O)/C=C/c2ccccc2)c1. The summed E-state index contributed by atoms with van der Waals surface area (Å²) in [6.45, 7) is 0. The standard InChI is InChI=1S/C17H15NO3/c19-16(10-9-13-5-2-1-3-6-13)18-15-8-4-7-14(11-15)12-17(20)21/h1-11H,12H2,(H,18,19)(H,20,21)/b10-9+. The largest absolute Gasteiger partial charge is 0.481 e. The number of hydrogen-bond donors (Lipinski definition) is 2. The number of carbonyl (C=O) groups excluding carboxylic acids is 1. The van der Waals surface area contributed by atoms with E-state index in [1.54, 1.807) is 30.3 Å². The van der Waals surface area contributed by atoms with E-state index in [9.17, 15) is 9.59 Å². The van der Waals surface area contributed by atoms with E-state index in [-0.39, 0.29) is 12.3 Å². The second-order valence-corrected chi connectivity index (χ2v) is 4.50. The molecule has 4 heteroatoms. The van der Waals surface area contributed by atoms with Gasteiger partial charge in [0.15, 0.2) is 0 Å². The van der Waals surface area contributed by atoms with Gasteiger partial charge in [-0.05, 0) is 29.3 Å². The first-order valence-corrected chi connectivity index (χ1v) is 6.48. The molecule has 0 atom stereocenters. The van der Waals surface area contributed by atoms with Gasteiger partial charge in [0, 0.05) is 11.8 Å². The molecule has 0 fully saturated rings. The molecule has 2 rings (SSSR count). The molecule has 0 saturated heterocycles. The van der Waals surface area contributed by atoms with Gasteiger partial charge in [-0.1, -0.05) is 42.5 Å². The van der Waals surface area contributed by atoms with E-state index in [1.165, 1.54) is 6.08 Å².